The van der Waals surface area contributed by atoms with Crippen molar-refractivity contribution in [2.45, 2.75) is 20.4 Å². The zero-order valence-electron chi connectivity index (χ0n) is 15.2. The fourth-order valence-corrected chi connectivity index (χ4v) is 3.91. The lowest BCUT2D eigenvalue weighted by molar-refractivity contribution is 0.0951. The highest BCUT2D eigenvalue weighted by atomic mass is 35.5. The molecule has 0 aliphatic rings. The lowest BCUT2D eigenvalue weighted by Crippen LogP contribution is -2.25. The third-order valence-electron chi connectivity index (χ3n) is 4.19. The van der Waals surface area contributed by atoms with Gasteiger partial charge in [-0.25, -0.2) is 4.39 Å². The van der Waals surface area contributed by atoms with Crippen molar-refractivity contribution < 1.29 is 14.0 Å². The molecule has 0 aliphatic heterocycles. The summed E-state index contributed by atoms with van der Waals surface area (Å²) < 4.78 is 13.2. The van der Waals surface area contributed by atoms with Crippen LogP contribution in [0, 0.1) is 19.7 Å². The van der Waals surface area contributed by atoms with Crippen LogP contribution in [0.15, 0.2) is 42.7 Å². The average Bonchev–Trinajstić information content (AvgIpc) is 2.94. The molecule has 0 saturated carbocycles. The fourth-order valence-electron chi connectivity index (χ4n) is 2.61. The molecular weight excluding hydrogens is 401 g/mol. The number of aromatic nitrogens is 1. The molecular formula is C20H17ClFN3O2S. The molecule has 2 amide bonds. The monoisotopic (exact) mass is 417 g/mol. The number of aryl methyl sites for hydroxylation is 1. The van der Waals surface area contributed by atoms with Crippen molar-refractivity contribution in [3.8, 4) is 0 Å². The highest BCUT2D eigenvalue weighted by Gasteiger charge is 2.22. The van der Waals surface area contributed by atoms with Crippen LogP contribution >= 0.6 is 22.9 Å². The smallest absolute Gasteiger partial charge is 0.257 e. The number of rotatable bonds is 5. The van der Waals surface area contributed by atoms with Crippen LogP contribution in [0.5, 0.6) is 0 Å². The fraction of sp³-hybridized carbons (Fsp3) is 0.150. The van der Waals surface area contributed by atoms with Crippen LogP contribution in [0.1, 0.15) is 36.7 Å². The molecule has 0 spiro atoms. The summed E-state index contributed by atoms with van der Waals surface area (Å²) in [6.45, 7) is 4.02. The Balaban J connectivity index is 1.81. The molecule has 0 fully saturated rings. The second kappa shape index (κ2) is 8.50. The number of carbonyl (C=O) groups excluding carboxylic acids is 2. The standard InChI is InChI=1S/C20H17ClFN3O2S/c1-11-12(2)28-20(25-18(26)15-6-5-14(22)8-16(15)21)17(11)19(27)24-10-13-4-3-7-23-9-13/h3-9H,10H2,1-2H3,(H,24,27)(H,25,26). The molecule has 0 bridgehead atoms. The van der Waals surface area contributed by atoms with Crippen molar-refractivity contribution in [2.24, 2.45) is 0 Å². The molecule has 0 atom stereocenters. The van der Waals surface area contributed by atoms with Crippen molar-refractivity contribution in [2.75, 3.05) is 5.32 Å². The molecule has 0 saturated heterocycles. The molecule has 8 heteroatoms. The van der Waals surface area contributed by atoms with Gasteiger partial charge in [-0.05, 0) is 49.2 Å². The average molecular weight is 418 g/mol. The second-order valence-corrected chi connectivity index (χ2v) is 7.74. The summed E-state index contributed by atoms with van der Waals surface area (Å²) in [6.07, 6.45) is 3.33. The Labute approximate surface area is 170 Å². The van der Waals surface area contributed by atoms with Crippen molar-refractivity contribution in [1.29, 1.82) is 0 Å². The van der Waals surface area contributed by atoms with E-state index in [0.717, 1.165) is 28.1 Å². The van der Waals surface area contributed by atoms with Crippen molar-refractivity contribution in [3.63, 3.8) is 0 Å². The molecule has 2 heterocycles. The van der Waals surface area contributed by atoms with Crippen LogP contribution in [-0.4, -0.2) is 16.8 Å². The summed E-state index contributed by atoms with van der Waals surface area (Å²) in [4.78, 5) is 30.2. The van der Waals surface area contributed by atoms with Gasteiger partial charge in [-0.2, -0.15) is 0 Å². The van der Waals surface area contributed by atoms with Gasteiger partial charge in [-0.3, -0.25) is 14.6 Å². The minimum absolute atomic E-state index is 0.00470. The van der Waals surface area contributed by atoms with Crippen LogP contribution in [0.4, 0.5) is 9.39 Å². The summed E-state index contributed by atoms with van der Waals surface area (Å²) in [6, 6.07) is 7.19. The SMILES string of the molecule is Cc1sc(NC(=O)c2ccc(F)cc2Cl)c(C(=O)NCc2cccnc2)c1C. The van der Waals surface area contributed by atoms with Gasteiger partial charge in [0.05, 0.1) is 16.1 Å². The second-order valence-electron chi connectivity index (χ2n) is 6.11. The number of thiophene rings is 1. The minimum atomic E-state index is -0.528. The van der Waals surface area contributed by atoms with Gasteiger partial charge in [0.15, 0.2) is 0 Å². The van der Waals surface area contributed by atoms with E-state index >= 15 is 0 Å². The molecule has 5 nitrogen and oxygen atoms in total. The number of hydrogen-bond acceptors (Lipinski definition) is 4. The topological polar surface area (TPSA) is 71.1 Å². The third kappa shape index (κ3) is 4.37. The Hall–Kier alpha value is -2.77. The molecule has 0 unspecified atom stereocenters. The predicted molar refractivity (Wildman–Crippen MR) is 109 cm³/mol. The molecule has 144 valence electrons. The Morgan fingerprint density at radius 3 is 2.68 bits per heavy atom. The van der Waals surface area contributed by atoms with Crippen molar-refractivity contribution in [3.05, 3.63) is 80.7 Å². The largest absolute Gasteiger partial charge is 0.348 e. The first-order chi connectivity index (χ1) is 13.4. The van der Waals surface area contributed by atoms with Gasteiger partial charge in [-0.1, -0.05) is 17.7 Å². The van der Waals surface area contributed by atoms with Crippen LogP contribution in [0.3, 0.4) is 0 Å². The van der Waals surface area contributed by atoms with E-state index in [4.69, 9.17) is 11.6 Å². The number of amides is 2. The summed E-state index contributed by atoms with van der Waals surface area (Å²) >= 11 is 7.27. The molecule has 0 aliphatic carbocycles. The normalized spacial score (nSPS) is 10.6. The zero-order valence-corrected chi connectivity index (χ0v) is 16.7. The number of benzene rings is 1. The van der Waals surface area contributed by atoms with Crippen molar-refractivity contribution >= 4 is 39.8 Å². The Kier molecular flexibility index (Phi) is 6.06. The molecule has 1 aromatic carbocycles. The van der Waals surface area contributed by atoms with Crippen LogP contribution < -0.4 is 10.6 Å². The number of anilines is 1. The van der Waals surface area contributed by atoms with Gasteiger partial charge in [0.1, 0.15) is 10.8 Å². The van der Waals surface area contributed by atoms with E-state index in [0.29, 0.717) is 17.1 Å². The highest BCUT2D eigenvalue weighted by Crippen LogP contribution is 2.33. The van der Waals surface area contributed by atoms with Crippen LogP contribution in [0.2, 0.25) is 5.02 Å². The maximum absolute atomic E-state index is 13.2. The third-order valence-corrected chi connectivity index (χ3v) is 5.63. The van der Waals surface area contributed by atoms with Gasteiger partial charge in [0.2, 0.25) is 0 Å². The first-order valence-electron chi connectivity index (χ1n) is 8.40. The van der Waals surface area contributed by atoms with E-state index in [1.165, 1.54) is 17.4 Å². The van der Waals surface area contributed by atoms with Crippen molar-refractivity contribution in [1.82, 2.24) is 10.3 Å². The number of pyridine rings is 1. The summed E-state index contributed by atoms with van der Waals surface area (Å²) in [5, 5.41) is 5.99. The number of hydrogen-bond donors (Lipinski definition) is 2. The quantitative estimate of drug-likeness (QED) is 0.630. The minimum Gasteiger partial charge on any atom is -0.348 e. The lowest BCUT2D eigenvalue weighted by atomic mass is 10.1. The van der Waals surface area contributed by atoms with Gasteiger partial charge in [-0.15, -0.1) is 11.3 Å². The van der Waals surface area contributed by atoms with E-state index in [-0.39, 0.29) is 16.5 Å². The van der Waals surface area contributed by atoms with Gasteiger partial charge < -0.3 is 10.6 Å². The summed E-state index contributed by atoms with van der Waals surface area (Å²) in [5.41, 5.74) is 2.18. The summed E-state index contributed by atoms with van der Waals surface area (Å²) in [5.74, 6) is -1.33. The molecule has 3 aromatic rings. The number of nitrogens with one attached hydrogen (secondary N) is 2. The first-order valence-corrected chi connectivity index (χ1v) is 9.59. The summed E-state index contributed by atoms with van der Waals surface area (Å²) in [7, 11) is 0. The van der Waals surface area contributed by atoms with E-state index in [9.17, 15) is 14.0 Å². The maximum Gasteiger partial charge on any atom is 0.257 e. The number of carbonyl (C=O) groups is 2. The highest BCUT2D eigenvalue weighted by molar-refractivity contribution is 7.16. The first kappa shape index (κ1) is 20.0. The Bertz CT molecular complexity index is 1040. The Morgan fingerprint density at radius 2 is 2.00 bits per heavy atom. The van der Waals surface area contributed by atoms with E-state index < -0.39 is 11.7 Å². The predicted octanol–water partition coefficient (Wildman–Crippen LogP) is 4.73. The number of nitrogens with zero attached hydrogens (tertiary/aromatic N) is 1. The van der Waals surface area contributed by atoms with Crippen LogP contribution in [-0.2, 0) is 6.54 Å². The molecule has 0 radical (unpaired) electrons. The maximum atomic E-state index is 13.2. The number of halogens is 2. The molecule has 2 aromatic heterocycles. The van der Waals surface area contributed by atoms with E-state index in [1.54, 1.807) is 18.5 Å². The van der Waals surface area contributed by atoms with Gasteiger partial charge in [0.25, 0.3) is 11.8 Å². The zero-order chi connectivity index (χ0) is 20.3. The van der Waals surface area contributed by atoms with Gasteiger partial charge in [0, 0.05) is 23.8 Å². The molecule has 28 heavy (non-hydrogen) atoms. The Morgan fingerprint density at radius 1 is 1.21 bits per heavy atom. The van der Waals surface area contributed by atoms with Crippen LogP contribution in [0.25, 0.3) is 0 Å². The van der Waals surface area contributed by atoms with E-state index in [1.807, 2.05) is 19.9 Å². The van der Waals surface area contributed by atoms with E-state index in [2.05, 4.69) is 15.6 Å². The molecule has 3 rings (SSSR count). The molecule has 2 N–H and O–H groups in total. The van der Waals surface area contributed by atoms with Gasteiger partial charge >= 0.3 is 0 Å². The lowest BCUT2D eigenvalue weighted by Gasteiger charge is -2.10.